The van der Waals surface area contributed by atoms with Crippen LogP contribution >= 0.6 is 0 Å². The van der Waals surface area contributed by atoms with Crippen LogP contribution < -0.4 is 4.90 Å². The molecule has 5 aromatic rings. The molecule has 6 rings (SSSR count). The van der Waals surface area contributed by atoms with Gasteiger partial charge < -0.3 is 4.90 Å². The predicted molar refractivity (Wildman–Crippen MR) is 170 cm³/mol. The number of carbonyl (C=O) groups is 2. The molecule has 0 aliphatic carbocycles. The number of fused-ring (bicyclic) bond motifs is 2. The van der Waals surface area contributed by atoms with Crippen molar-refractivity contribution >= 4 is 49.1 Å². The van der Waals surface area contributed by atoms with Gasteiger partial charge in [-0.3, -0.25) is 14.5 Å². The number of benzene rings is 5. The van der Waals surface area contributed by atoms with E-state index < -0.39 is 16.1 Å². The van der Waals surface area contributed by atoms with Gasteiger partial charge in [-0.05, 0) is 58.3 Å². The van der Waals surface area contributed by atoms with Gasteiger partial charge in [-0.1, -0.05) is 91.0 Å². The van der Waals surface area contributed by atoms with Crippen molar-refractivity contribution in [2.45, 2.75) is 24.3 Å². The number of anilines is 1. The minimum atomic E-state index is -3.72. The van der Waals surface area contributed by atoms with E-state index in [2.05, 4.69) is 0 Å². The summed E-state index contributed by atoms with van der Waals surface area (Å²) in [6.07, 6.45) is 0.156. The zero-order chi connectivity index (χ0) is 30.0. The summed E-state index contributed by atoms with van der Waals surface area (Å²) < 4.78 is 28.4. The summed E-state index contributed by atoms with van der Waals surface area (Å²) in [6.45, 7) is 2.60. The molecule has 2 amide bonds. The van der Waals surface area contributed by atoms with Crippen LogP contribution in [0.15, 0.2) is 120 Å². The molecule has 0 N–H and O–H groups in total. The van der Waals surface area contributed by atoms with E-state index in [1.165, 1.54) is 4.31 Å². The zero-order valence-electron chi connectivity index (χ0n) is 24.0. The third kappa shape index (κ3) is 5.89. The van der Waals surface area contributed by atoms with Crippen LogP contribution in [-0.2, 0) is 26.0 Å². The third-order valence-electron chi connectivity index (χ3n) is 8.13. The maximum atomic E-state index is 13.9. The molecule has 1 aliphatic heterocycles. The molecule has 1 fully saturated rings. The van der Waals surface area contributed by atoms with Crippen LogP contribution in [0.1, 0.15) is 12.5 Å². The highest BCUT2D eigenvalue weighted by Gasteiger charge is 2.35. The van der Waals surface area contributed by atoms with E-state index in [0.717, 1.165) is 27.1 Å². The molecule has 43 heavy (non-hydrogen) atoms. The monoisotopic (exact) mass is 591 g/mol. The SMILES string of the molecule is CC(C(=O)N1CCN(S(=O)(=O)c2ccc3ccccc3c2)CC1)N(C(=O)Cc1ccccc1)c1ccc2ccccc2c1. The second-order valence-corrected chi connectivity index (χ2v) is 12.8. The number of sulfonamides is 1. The van der Waals surface area contributed by atoms with E-state index in [-0.39, 0.29) is 49.3 Å². The summed E-state index contributed by atoms with van der Waals surface area (Å²) in [5.74, 6) is -0.392. The van der Waals surface area contributed by atoms with Crippen molar-refractivity contribution in [1.82, 2.24) is 9.21 Å². The molecule has 0 radical (unpaired) electrons. The summed E-state index contributed by atoms with van der Waals surface area (Å²) in [7, 11) is -3.72. The number of piperazine rings is 1. The van der Waals surface area contributed by atoms with Crippen molar-refractivity contribution in [2.24, 2.45) is 0 Å². The van der Waals surface area contributed by atoms with Gasteiger partial charge in [0.15, 0.2) is 0 Å². The van der Waals surface area contributed by atoms with Crippen LogP contribution in [0.2, 0.25) is 0 Å². The zero-order valence-corrected chi connectivity index (χ0v) is 24.8. The molecule has 1 atom stereocenters. The van der Waals surface area contributed by atoms with Crippen molar-refractivity contribution in [3.05, 3.63) is 121 Å². The van der Waals surface area contributed by atoms with Gasteiger partial charge in [0.1, 0.15) is 6.04 Å². The first-order valence-electron chi connectivity index (χ1n) is 14.4. The smallest absolute Gasteiger partial charge is 0.245 e. The maximum absolute atomic E-state index is 13.9. The van der Waals surface area contributed by atoms with Crippen molar-refractivity contribution in [2.75, 3.05) is 31.1 Å². The Labute approximate surface area is 252 Å². The Kier molecular flexibility index (Phi) is 7.97. The third-order valence-corrected chi connectivity index (χ3v) is 10.0. The van der Waals surface area contributed by atoms with Crippen LogP contribution in [0.25, 0.3) is 21.5 Å². The molecule has 5 aromatic carbocycles. The predicted octanol–water partition coefficient (Wildman–Crippen LogP) is 5.49. The van der Waals surface area contributed by atoms with Crippen molar-refractivity contribution < 1.29 is 18.0 Å². The molecule has 0 saturated carbocycles. The van der Waals surface area contributed by atoms with Crippen LogP contribution in [-0.4, -0.2) is 61.7 Å². The molecule has 0 aromatic heterocycles. The summed E-state index contributed by atoms with van der Waals surface area (Å²) in [5, 5.41) is 3.86. The van der Waals surface area contributed by atoms with Crippen molar-refractivity contribution in [1.29, 1.82) is 0 Å². The van der Waals surface area contributed by atoms with E-state index in [9.17, 15) is 18.0 Å². The molecule has 8 heteroatoms. The van der Waals surface area contributed by atoms with Gasteiger partial charge in [-0.15, -0.1) is 0 Å². The highest BCUT2D eigenvalue weighted by molar-refractivity contribution is 7.89. The molecular weight excluding hydrogens is 558 g/mol. The van der Waals surface area contributed by atoms with Crippen molar-refractivity contribution in [3.8, 4) is 0 Å². The lowest BCUT2D eigenvalue weighted by Crippen LogP contribution is -2.56. The Morgan fingerprint density at radius 3 is 1.91 bits per heavy atom. The fourth-order valence-corrected chi connectivity index (χ4v) is 7.22. The van der Waals surface area contributed by atoms with E-state index in [1.54, 1.807) is 28.9 Å². The van der Waals surface area contributed by atoms with Crippen molar-refractivity contribution in [3.63, 3.8) is 0 Å². The summed E-state index contributed by atoms with van der Waals surface area (Å²) in [6, 6.07) is 35.2. The van der Waals surface area contributed by atoms with Crippen LogP contribution in [0.3, 0.4) is 0 Å². The highest BCUT2D eigenvalue weighted by Crippen LogP contribution is 2.27. The molecule has 1 heterocycles. The second kappa shape index (κ2) is 12.0. The lowest BCUT2D eigenvalue weighted by Gasteiger charge is -2.38. The lowest BCUT2D eigenvalue weighted by atomic mass is 10.1. The highest BCUT2D eigenvalue weighted by atomic mass is 32.2. The quantitative estimate of drug-likeness (QED) is 0.251. The number of nitrogens with zero attached hydrogens (tertiary/aromatic N) is 3. The standard InChI is InChI=1S/C35H33N3O4S/c1-26(38(34(39)23-27-9-3-2-4-10-27)32-17-15-28-11-5-7-13-30(28)24-32)35(40)36-19-21-37(22-20-36)43(41,42)33-18-16-29-12-6-8-14-31(29)25-33/h2-18,24-26H,19-23H2,1H3. The molecule has 0 spiro atoms. The Balaban J connectivity index is 1.21. The van der Waals surface area contributed by atoms with Gasteiger partial charge in [0, 0.05) is 31.9 Å². The molecule has 7 nitrogen and oxygen atoms in total. The Hall–Kier alpha value is -4.53. The van der Waals surface area contributed by atoms with Crippen LogP contribution in [0.5, 0.6) is 0 Å². The number of rotatable bonds is 7. The minimum Gasteiger partial charge on any atom is -0.338 e. The van der Waals surface area contributed by atoms with E-state index >= 15 is 0 Å². The molecule has 1 saturated heterocycles. The molecule has 1 aliphatic rings. The Bertz CT molecular complexity index is 1900. The number of hydrogen-bond donors (Lipinski definition) is 0. The normalized spacial score (nSPS) is 15.0. The van der Waals surface area contributed by atoms with E-state index in [4.69, 9.17) is 0 Å². The lowest BCUT2D eigenvalue weighted by molar-refractivity contribution is -0.135. The molecule has 1 unspecified atom stereocenters. The largest absolute Gasteiger partial charge is 0.338 e. The number of hydrogen-bond acceptors (Lipinski definition) is 4. The van der Waals surface area contributed by atoms with Gasteiger partial charge in [0.05, 0.1) is 11.3 Å². The first kappa shape index (κ1) is 28.6. The van der Waals surface area contributed by atoms with Gasteiger partial charge in [-0.2, -0.15) is 4.31 Å². The second-order valence-electron chi connectivity index (χ2n) is 10.9. The summed E-state index contributed by atoms with van der Waals surface area (Å²) in [4.78, 5) is 31.1. The fourth-order valence-electron chi connectivity index (χ4n) is 5.77. The maximum Gasteiger partial charge on any atom is 0.245 e. The van der Waals surface area contributed by atoms with Crippen LogP contribution in [0, 0.1) is 0 Å². The van der Waals surface area contributed by atoms with Crippen LogP contribution in [0.4, 0.5) is 5.69 Å². The van der Waals surface area contributed by atoms with E-state index in [1.807, 2.05) is 103 Å². The van der Waals surface area contributed by atoms with Gasteiger partial charge in [0.2, 0.25) is 21.8 Å². The Morgan fingerprint density at radius 1 is 0.698 bits per heavy atom. The fraction of sp³-hybridized carbons (Fsp3) is 0.200. The average molecular weight is 592 g/mol. The van der Waals surface area contributed by atoms with Gasteiger partial charge in [0.25, 0.3) is 0 Å². The summed E-state index contributed by atoms with van der Waals surface area (Å²) >= 11 is 0. The Morgan fingerprint density at radius 2 is 1.26 bits per heavy atom. The number of carbonyl (C=O) groups excluding carboxylic acids is 2. The minimum absolute atomic E-state index is 0.156. The molecule has 218 valence electrons. The summed E-state index contributed by atoms with van der Waals surface area (Å²) in [5.41, 5.74) is 1.52. The van der Waals surface area contributed by atoms with Gasteiger partial charge in [-0.25, -0.2) is 8.42 Å². The molecule has 0 bridgehead atoms. The molecular formula is C35H33N3O4S. The topological polar surface area (TPSA) is 78.0 Å². The first-order chi connectivity index (χ1) is 20.8. The van der Waals surface area contributed by atoms with E-state index in [0.29, 0.717) is 5.69 Å². The number of amides is 2. The van der Waals surface area contributed by atoms with Gasteiger partial charge >= 0.3 is 0 Å². The first-order valence-corrected chi connectivity index (χ1v) is 15.9. The average Bonchev–Trinajstić information content (AvgIpc) is 3.04.